The van der Waals surface area contributed by atoms with Crippen LogP contribution in [0.3, 0.4) is 0 Å². The number of allylic oxidation sites excluding steroid dienone is 2. The van der Waals surface area contributed by atoms with Crippen molar-refractivity contribution < 1.29 is 14.4 Å². The Morgan fingerprint density at radius 2 is 1.59 bits per heavy atom. The number of nitrogens with zero attached hydrogens (tertiary/aromatic N) is 2. The van der Waals surface area contributed by atoms with E-state index in [1.165, 1.54) is 15.9 Å². The molecule has 6 atom stereocenters. The van der Waals surface area contributed by atoms with E-state index in [9.17, 15) is 14.4 Å². The minimum atomic E-state index is -0.343. The van der Waals surface area contributed by atoms with Crippen LogP contribution in [0.25, 0.3) is 0 Å². The number of hydrogen-bond donors (Lipinski definition) is 0. The molecule has 2 aromatic rings. The Balaban J connectivity index is 1.37. The van der Waals surface area contributed by atoms with Gasteiger partial charge in [-0.25, -0.2) is 0 Å². The minimum absolute atomic E-state index is 0.123. The molecule has 5 aliphatic rings. The predicted molar refractivity (Wildman–Crippen MR) is 131 cm³/mol. The van der Waals surface area contributed by atoms with Crippen LogP contribution in [0, 0.1) is 49.4 Å². The lowest BCUT2D eigenvalue weighted by Gasteiger charge is -2.37. The number of anilines is 1. The summed E-state index contributed by atoms with van der Waals surface area (Å²) in [5.41, 5.74) is 2.94. The van der Waals surface area contributed by atoms with Gasteiger partial charge < -0.3 is 0 Å². The topological polar surface area (TPSA) is 57.7 Å². The van der Waals surface area contributed by atoms with Gasteiger partial charge in [0.1, 0.15) is 6.67 Å². The van der Waals surface area contributed by atoms with E-state index in [0.717, 1.165) is 17.5 Å². The highest BCUT2D eigenvalue weighted by Gasteiger charge is 2.67. The molecule has 3 amide bonds. The van der Waals surface area contributed by atoms with Crippen LogP contribution in [-0.4, -0.2) is 29.3 Å². The summed E-state index contributed by atoms with van der Waals surface area (Å²) < 4.78 is 0. The molecule has 0 spiro atoms. The van der Waals surface area contributed by atoms with E-state index in [1.54, 1.807) is 12.1 Å². The predicted octanol–water partition coefficient (Wildman–Crippen LogP) is 5.27. The summed E-state index contributed by atoms with van der Waals surface area (Å²) in [7, 11) is 0. The smallest absolute Gasteiger partial charge is 0.259 e. The first kappa shape index (κ1) is 21.9. The van der Waals surface area contributed by atoms with Crippen molar-refractivity contribution in [1.82, 2.24) is 4.90 Å². The lowest BCUT2D eigenvalue weighted by molar-refractivity contribution is -0.140. The third-order valence-corrected chi connectivity index (χ3v) is 8.83. The molecule has 0 radical (unpaired) electrons. The number of benzene rings is 2. The molecule has 4 aliphatic carbocycles. The van der Waals surface area contributed by atoms with Crippen LogP contribution in [0.15, 0.2) is 48.6 Å². The number of rotatable bonds is 4. The number of carbonyl (C=O) groups is 3. The quantitative estimate of drug-likeness (QED) is 0.429. The second-order valence-corrected chi connectivity index (χ2v) is 10.9. The molecule has 1 heterocycles. The van der Waals surface area contributed by atoms with E-state index in [4.69, 9.17) is 23.2 Å². The van der Waals surface area contributed by atoms with Gasteiger partial charge in [-0.15, -0.1) is 0 Å². The molecule has 1 aliphatic heterocycles. The van der Waals surface area contributed by atoms with Crippen LogP contribution < -0.4 is 4.90 Å². The van der Waals surface area contributed by atoms with Crippen LogP contribution in [0.5, 0.6) is 0 Å². The summed E-state index contributed by atoms with van der Waals surface area (Å²) in [6, 6.07) is 10.5. The number of carbonyl (C=O) groups excluding carboxylic acids is 3. The van der Waals surface area contributed by atoms with Crippen molar-refractivity contribution in [2.45, 2.75) is 20.3 Å². The zero-order valence-corrected chi connectivity index (χ0v) is 20.4. The van der Waals surface area contributed by atoms with Crippen LogP contribution in [0.2, 0.25) is 10.0 Å². The van der Waals surface area contributed by atoms with Crippen molar-refractivity contribution in [2.75, 3.05) is 11.6 Å². The Morgan fingerprint density at radius 1 is 0.941 bits per heavy atom. The summed E-state index contributed by atoms with van der Waals surface area (Å²) in [4.78, 5) is 43.7. The fourth-order valence-electron chi connectivity index (χ4n) is 6.44. The van der Waals surface area contributed by atoms with E-state index >= 15 is 0 Å². The molecule has 3 fully saturated rings. The number of likely N-dealkylation sites (tertiary alicyclic amines) is 1. The van der Waals surface area contributed by atoms with Crippen molar-refractivity contribution in [3.8, 4) is 0 Å². The maximum atomic E-state index is 13.7. The Morgan fingerprint density at radius 3 is 2.18 bits per heavy atom. The van der Waals surface area contributed by atoms with Crippen LogP contribution in [0.1, 0.15) is 27.9 Å². The zero-order valence-electron chi connectivity index (χ0n) is 18.9. The van der Waals surface area contributed by atoms with E-state index in [-0.39, 0.29) is 53.1 Å². The van der Waals surface area contributed by atoms with E-state index in [2.05, 4.69) is 12.2 Å². The Bertz CT molecular complexity index is 1250. The zero-order chi connectivity index (χ0) is 23.9. The molecule has 7 heteroatoms. The highest BCUT2D eigenvalue weighted by Crippen LogP contribution is 2.65. The average molecular weight is 495 g/mol. The molecule has 5 nitrogen and oxygen atoms in total. The molecule has 6 unspecified atom stereocenters. The van der Waals surface area contributed by atoms with E-state index in [1.807, 2.05) is 32.0 Å². The Labute approximate surface area is 208 Å². The number of hydrogen-bond acceptors (Lipinski definition) is 3. The van der Waals surface area contributed by atoms with Gasteiger partial charge in [-0.05, 0) is 73.8 Å². The Hall–Kier alpha value is -2.63. The molecule has 0 N–H and O–H groups in total. The van der Waals surface area contributed by atoms with Crippen molar-refractivity contribution >= 4 is 46.6 Å². The standard InChI is InChI=1S/C27H24Cl2N2O3/c1-13-3-8-22(14(2)9-13)30(25(32)15-4-7-20(28)21(29)10-15)12-31-26(33)23-16-5-6-17(19-11-18(16)19)24(23)27(31)34/h3-10,16-19,23-24H,11-12H2,1-2H3. The van der Waals surface area contributed by atoms with Crippen LogP contribution in [-0.2, 0) is 9.59 Å². The maximum absolute atomic E-state index is 13.7. The van der Waals surface area contributed by atoms with Gasteiger partial charge >= 0.3 is 0 Å². The molecule has 0 aromatic heterocycles. The molecule has 2 aromatic carbocycles. The first-order chi connectivity index (χ1) is 16.3. The fraction of sp³-hybridized carbons (Fsp3) is 0.370. The minimum Gasteiger partial charge on any atom is -0.289 e. The summed E-state index contributed by atoms with van der Waals surface area (Å²) >= 11 is 12.2. The van der Waals surface area contributed by atoms with Gasteiger partial charge in [0, 0.05) is 11.3 Å². The number of aryl methyl sites for hydroxylation is 2. The molecule has 2 saturated carbocycles. The van der Waals surface area contributed by atoms with Crippen molar-refractivity contribution in [2.24, 2.45) is 35.5 Å². The van der Waals surface area contributed by atoms with Crippen LogP contribution >= 0.6 is 23.2 Å². The number of imide groups is 1. The first-order valence-electron chi connectivity index (χ1n) is 11.6. The molecular weight excluding hydrogens is 471 g/mol. The fourth-order valence-corrected chi connectivity index (χ4v) is 6.74. The second kappa shape index (κ2) is 7.69. The highest BCUT2D eigenvalue weighted by molar-refractivity contribution is 6.42. The SMILES string of the molecule is Cc1ccc(N(CN2C(=O)C3C4C=CC(C5CC45)C3C2=O)C(=O)c2ccc(Cl)c(Cl)c2)c(C)c1. The summed E-state index contributed by atoms with van der Waals surface area (Å²) in [5, 5.41) is 0.626. The molecule has 174 valence electrons. The summed E-state index contributed by atoms with van der Waals surface area (Å²) in [5.74, 6) is 0.0865. The average Bonchev–Trinajstić information content (AvgIpc) is 3.59. The van der Waals surface area contributed by atoms with Gasteiger partial charge in [-0.3, -0.25) is 24.2 Å². The first-order valence-corrected chi connectivity index (χ1v) is 12.4. The number of halogens is 2. The van der Waals surface area contributed by atoms with E-state index in [0.29, 0.717) is 28.1 Å². The normalized spacial score (nSPS) is 30.4. The molecule has 34 heavy (non-hydrogen) atoms. The second-order valence-electron chi connectivity index (χ2n) is 10.1. The van der Waals surface area contributed by atoms with Gasteiger partial charge in [0.15, 0.2) is 0 Å². The monoisotopic (exact) mass is 494 g/mol. The molecule has 1 saturated heterocycles. The van der Waals surface area contributed by atoms with Gasteiger partial charge in [0.05, 0.1) is 21.9 Å². The molecular formula is C27H24Cl2N2O3. The van der Waals surface area contributed by atoms with E-state index < -0.39 is 0 Å². The van der Waals surface area contributed by atoms with Crippen molar-refractivity contribution in [1.29, 1.82) is 0 Å². The highest BCUT2D eigenvalue weighted by atomic mass is 35.5. The third kappa shape index (κ3) is 3.17. The van der Waals surface area contributed by atoms with Gasteiger partial charge in [-0.1, -0.05) is 53.1 Å². The maximum Gasteiger partial charge on any atom is 0.259 e. The summed E-state index contributed by atoms with van der Waals surface area (Å²) in [6.07, 6.45) is 5.41. The third-order valence-electron chi connectivity index (χ3n) is 8.09. The lowest BCUT2D eigenvalue weighted by atomic mass is 9.63. The Kier molecular flexibility index (Phi) is 4.95. The van der Waals surface area contributed by atoms with Crippen molar-refractivity contribution in [3.63, 3.8) is 0 Å². The summed E-state index contributed by atoms with van der Waals surface area (Å²) in [6.45, 7) is 3.78. The van der Waals surface area contributed by atoms with Gasteiger partial charge in [0.25, 0.3) is 5.91 Å². The lowest BCUT2D eigenvalue weighted by Crippen LogP contribution is -2.45. The largest absolute Gasteiger partial charge is 0.289 e. The number of amides is 3. The van der Waals surface area contributed by atoms with Crippen LogP contribution in [0.4, 0.5) is 5.69 Å². The molecule has 2 bridgehead atoms. The molecule has 7 rings (SSSR count). The van der Waals surface area contributed by atoms with Gasteiger partial charge in [0.2, 0.25) is 11.8 Å². The van der Waals surface area contributed by atoms with Gasteiger partial charge in [-0.2, -0.15) is 0 Å². The van der Waals surface area contributed by atoms with Crippen molar-refractivity contribution in [3.05, 3.63) is 75.3 Å².